The van der Waals surface area contributed by atoms with Gasteiger partial charge in [-0.15, -0.1) is 0 Å². The number of amides is 2. The van der Waals surface area contributed by atoms with E-state index in [9.17, 15) is 4.79 Å². The smallest absolute Gasteiger partial charge is 0.339 e. The lowest BCUT2D eigenvalue weighted by molar-refractivity contribution is 0.252. The molecule has 0 heterocycles. The summed E-state index contributed by atoms with van der Waals surface area (Å²) >= 11 is 5.78. The molecular weight excluding hydrogens is 318 g/mol. The second-order valence-electron chi connectivity index (χ2n) is 4.44. The minimum atomic E-state index is -0.467. The maximum atomic E-state index is 11.7. The molecule has 0 saturated heterocycles. The van der Waals surface area contributed by atoms with Gasteiger partial charge in [0.05, 0.1) is 20.4 Å². The van der Waals surface area contributed by atoms with E-state index in [1.165, 1.54) is 6.21 Å². The van der Waals surface area contributed by atoms with Gasteiger partial charge in [0.25, 0.3) is 0 Å². The highest BCUT2D eigenvalue weighted by molar-refractivity contribution is 6.30. The number of hydrogen-bond acceptors (Lipinski definition) is 4. The summed E-state index contributed by atoms with van der Waals surface area (Å²) in [5.41, 5.74) is 3.66. The van der Waals surface area contributed by atoms with Crippen LogP contribution < -0.4 is 20.2 Å². The number of carbonyl (C=O) groups is 1. The number of ether oxygens (including phenoxy) is 2. The summed E-state index contributed by atoms with van der Waals surface area (Å²) in [5.74, 6) is 1.28. The molecular formula is C16H16ClN3O3. The van der Waals surface area contributed by atoms with Crippen molar-refractivity contribution in [2.24, 2.45) is 5.10 Å². The molecule has 120 valence electrons. The Hall–Kier alpha value is -2.73. The van der Waals surface area contributed by atoms with E-state index in [4.69, 9.17) is 21.1 Å². The van der Waals surface area contributed by atoms with E-state index in [0.717, 1.165) is 0 Å². The first-order chi connectivity index (χ1) is 11.1. The third-order valence-electron chi connectivity index (χ3n) is 2.91. The average molecular weight is 334 g/mol. The van der Waals surface area contributed by atoms with Crippen LogP contribution in [-0.4, -0.2) is 26.5 Å². The molecule has 6 nitrogen and oxygen atoms in total. The number of carbonyl (C=O) groups excluding carboxylic acids is 1. The fourth-order valence-electron chi connectivity index (χ4n) is 1.79. The summed E-state index contributed by atoms with van der Waals surface area (Å²) in [6.07, 6.45) is 1.47. The quantitative estimate of drug-likeness (QED) is 0.649. The fourth-order valence-corrected chi connectivity index (χ4v) is 1.92. The van der Waals surface area contributed by atoms with Crippen molar-refractivity contribution in [3.63, 3.8) is 0 Å². The maximum Gasteiger partial charge on any atom is 0.339 e. The van der Waals surface area contributed by atoms with E-state index in [0.29, 0.717) is 27.8 Å². The minimum absolute atomic E-state index is 0.467. The van der Waals surface area contributed by atoms with E-state index in [2.05, 4.69) is 15.8 Å². The summed E-state index contributed by atoms with van der Waals surface area (Å²) in [6, 6.07) is 11.6. The molecule has 2 aromatic carbocycles. The van der Waals surface area contributed by atoms with Gasteiger partial charge in [0, 0.05) is 16.3 Å². The highest BCUT2D eigenvalue weighted by Gasteiger charge is 2.03. The number of nitrogens with one attached hydrogen (secondary N) is 2. The monoisotopic (exact) mass is 333 g/mol. The molecule has 2 amide bonds. The molecule has 0 fully saturated rings. The molecule has 0 unspecified atom stereocenters. The lowest BCUT2D eigenvalue weighted by Crippen LogP contribution is -2.24. The largest absolute Gasteiger partial charge is 0.497 e. The number of urea groups is 1. The molecule has 0 atom stereocenters. The van der Waals surface area contributed by atoms with Crippen molar-refractivity contribution < 1.29 is 14.3 Å². The second kappa shape index (κ2) is 8.05. The molecule has 0 radical (unpaired) electrons. The maximum absolute atomic E-state index is 11.7. The van der Waals surface area contributed by atoms with Gasteiger partial charge in [-0.25, -0.2) is 10.2 Å². The Balaban J connectivity index is 1.98. The van der Waals surface area contributed by atoms with Gasteiger partial charge in [-0.1, -0.05) is 11.6 Å². The van der Waals surface area contributed by atoms with Crippen molar-refractivity contribution >= 4 is 29.5 Å². The standard InChI is InChI=1S/C16H16ClN3O3/c1-22-14-7-8-15(23-2)11(9-14)10-18-20-16(21)19-13-5-3-12(17)4-6-13/h3-10H,1-2H3,(H2,19,20,21)/b18-10-. The number of rotatable bonds is 5. The lowest BCUT2D eigenvalue weighted by atomic mass is 10.2. The summed E-state index contributed by atoms with van der Waals surface area (Å²) < 4.78 is 10.4. The minimum Gasteiger partial charge on any atom is -0.497 e. The van der Waals surface area contributed by atoms with E-state index >= 15 is 0 Å². The molecule has 0 spiro atoms. The first kappa shape index (κ1) is 16.6. The fraction of sp³-hybridized carbons (Fsp3) is 0.125. The van der Waals surface area contributed by atoms with E-state index < -0.39 is 6.03 Å². The molecule has 2 aromatic rings. The topological polar surface area (TPSA) is 72.0 Å². The lowest BCUT2D eigenvalue weighted by Gasteiger charge is -2.07. The van der Waals surface area contributed by atoms with Crippen LogP contribution in [0.1, 0.15) is 5.56 Å². The summed E-state index contributed by atoms with van der Waals surface area (Å²) in [4.78, 5) is 11.7. The number of hydrogen-bond donors (Lipinski definition) is 2. The Bertz CT molecular complexity index is 702. The first-order valence-corrected chi connectivity index (χ1v) is 7.08. The third-order valence-corrected chi connectivity index (χ3v) is 3.16. The van der Waals surface area contributed by atoms with Crippen LogP contribution in [0.2, 0.25) is 5.02 Å². The molecule has 0 aliphatic carbocycles. The molecule has 0 saturated carbocycles. The number of anilines is 1. The van der Waals surface area contributed by atoms with Crippen LogP contribution in [0.4, 0.5) is 10.5 Å². The van der Waals surface area contributed by atoms with E-state index in [-0.39, 0.29) is 0 Å². The number of benzene rings is 2. The van der Waals surface area contributed by atoms with Gasteiger partial charge < -0.3 is 14.8 Å². The average Bonchev–Trinajstić information content (AvgIpc) is 2.57. The first-order valence-electron chi connectivity index (χ1n) is 6.70. The summed E-state index contributed by atoms with van der Waals surface area (Å²) in [5, 5.41) is 7.12. The Kier molecular flexibility index (Phi) is 5.82. The molecule has 0 bridgehead atoms. The van der Waals surface area contributed by atoms with Gasteiger partial charge in [0.2, 0.25) is 0 Å². The second-order valence-corrected chi connectivity index (χ2v) is 4.88. The van der Waals surface area contributed by atoms with Crippen LogP contribution in [0.25, 0.3) is 0 Å². The predicted molar refractivity (Wildman–Crippen MR) is 90.7 cm³/mol. The van der Waals surface area contributed by atoms with Crippen LogP contribution >= 0.6 is 11.6 Å². The zero-order chi connectivity index (χ0) is 16.7. The van der Waals surface area contributed by atoms with Crippen LogP contribution in [0, 0.1) is 0 Å². The zero-order valence-corrected chi connectivity index (χ0v) is 13.4. The number of halogens is 1. The van der Waals surface area contributed by atoms with Crippen LogP contribution in [-0.2, 0) is 0 Å². The normalized spacial score (nSPS) is 10.4. The highest BCUT2D eigenvalue weighted by Crippen LogP contribution is 2.22. The number of methoxy groups -OCH3 is 2. The molecule has 0 aliphatic rings. The van der Waals surface area contributed by atoms with Gasteiger partial charge in [0.1, 0.15) is 11.5 Å². The van der Waals surface area contributed by atoms with Crippen molar-refractivity contribution in [2.75, 3.05) is 19.5 Å². The van der Waals surface area contributed by atoms with Gasteiger partial charge >= 0.3 is 6.03 Å². The predicted octanol–water partition coefficient (Wildman–Crippen LogP) is 3.51. The SMILES string of the molecule is COc1ccc(OC)c(/C=N\NC(=O)Nc2ccc(Cl)cc2)c1. The van der Waals surface area contributed by atoms with Crippen molar-refractivity contribution in [3.05, 3.63) is 53.1 Å². The van der Waals surface area contributed by atoms with Crippen LogP contribution in [0.3, 0.4) is 0 Å². The van der Waals surface area contributed by atoms with Gasteiger partial charge in [-0.05, 0) is 42.5 Å². The van der Waals surface area contributed by atoms with Gasteiger partial charge in [-0.2, -0.15) is 5.10 Å². The molecule has 2 rings (SSSR count). The summed E-state index contributed by atoms with van der Waals surface area (Å²) in [6.45, 7) is 0. The molecule has 23 heavy (non-hydrogen) atoms. The van der Waals surface area contributed by atoms with Crippen molar-refractivity contribution in [1.29, 1.82) is 0 Å². The molecule has 2 N–H and O–H groups in total. The van der Waals surface area contributed by atoms with E-state index in [1.54, 1.807) is 56.7 Å². The van der Waals surface area contributed by atoms with Gasteiger partial charge in [-0.3, -0.25) is 0 Å². The Morgan fingerprint density at radius 1 is 1.13 bits per heavy atom. The third kappa shape index (κ3) is 4.89. The van der Waals surface area contributed by atoms with Crippen LogP contribution in [0.15, 0.2) is 47.6 Å². The number of nitrogens with zero attached hydrogens (tertiary/aromatic N) is 1. The van der Waals surface area contributed by atoms with Crippen molar-refractivity contribution in [2.45, 2.75) is 0 Å². The van der Waals surface area contributed by atoms with Crippen molar-refractivity contribution in [3.8, 4) is 11.5 Å². The Labute approximate surface area is 139 Å². The molecule has 0 aromatic heterocycles. The van der Waals surface area contributed by atoms with Crippen molar-refractivity contribution in [1.82, 2.24) is 5.43 Å². The highest BCUT2D eigenvalue weighted by atomic mass is 35.5. The zero-order valence-electron chi connectivity index (χ0n) is 12.7. The Morgan fingerprint density at radius 3 is 2.52 bits per heavy atom. The number of hydrazone groups is 1. The molecule has 7 heteroatoms. The Morgan fingerprint density at radius 2 is 1.87 bits per heavy atom. The summed E-state index contributed by atoms with van der Waals surface area (Å²) in [7, 11) is 3.13. The van der Waals surface area contributed by atoms with Crippen LogP contribution in [0.5, 0.6) is 11.5 Å². The van der Waals surface area contributed by atoms with E-state index in [1.807, 2.05) is 0 Å². The van der Waals surface area contributed by atoms with Gasteiger partial charge in [0.15, 0.2) is 0 Å². The molecule has 0 aliphatic heterocycles.